The van der Waals surface area contributed by atoms with Gasteiger partial charge in [0, 0.05) is 70.3 Å². The highest BCUT2D eigenvalue weighted by atomic mass is 19.4. The second-order valence-corrected chi connectivity index (χ2v) is 10.6. The molecule has 2 aliphatic heterocycles. The van der Waals surface area contributed by atoms with E-state index in [0.717, 1.165) is 35.0 Å². The number of carbonyl (C=O) groups excluding carboxylic acids is 2. The monoisotopic (exact) mass is 600 g/mol. The van der Waals surface area contributed by atoms with Crippen LogP contribution in [0.2, 0.25) is 0 Å². The van der Waals surface area contributed by atoms with Gasteiger partial charge in [0.2, 0.25) is 11.9 Å². The van der Waals surface area contributed by atoms with Gasteiger partial charge in [0.1, 0.15) is 11.4 Å². The van der Waals surface area contributed by atoms with E-state index in [1.54, 1.807) is 16.9 Å². The molecule has 0 bridgehead atoms. The van der Waals surface area contributed by atoms with Crippen LogP contribution in [-0.2, 0) is 35.2 Å². The number of aromatic nitrogens is 3. The van der Waals surface area contributed by atoms with Crippen molar-refractivity contribution in [2.24, 2.45) is 0 Å². The maximum atomic E-state index is 13.3. The minimum atomic E-state index is -4.48. The number of halogens is 3. The lowest BCUT2D eigenvalue weighted by atomic mass is 10.1. The zero-order valence-electron chi connectivity index (χ0n) is 24.3. The molecule has 10 nitrogen and oxygen atoms in total. The number of fused-ring (bicyclic) bond motifs is 1. The summed E-state index contributed by atoms with van der Waals surface area (Å²) in [6, 6.07) is 9.77. The molecular formula is C30H35F3N6O4. The number of methoxy groups -OCH3 is 1. The fourth-order valence-corrected chi connectivity index (χ4v) is 5.46. The Labute approximate surface area is 248 Å². The number of hydrogen-bond acceptors (Lipinski definition) is 7. The van der Waals surface area contributed by atoms with Crippen molar-refractivity contribution < 1.29 is 32.2 Å². The molecule has 0 atom stereocenters. The predicted octanol–water partition coefficient (Wildman–Crippen LogP) is 3.57. The number of alkyl halides is 3. The number of amides is 2. The maximum absolute atomic E-state index is 13.3. The first-order chi connectivity index (χ1) is 20.6. The SMILES string of the molecule is COc1ccc(CN2CCn3c(CCOCCC(=O)N4CCN(c5ncc(C(F)(F)F)cn5)CC4)cc(C)c3C2=O)cc1. The lowest BCUT2D eigenvalue weighted by Gasteiger charge is -2.34. The van der Waals surface area contributed by atoms with Crippen molar-refractivity contribution in [2.45, 2.75) is 39.0 Å². The molecule has 5 rings (SSSR count). The van der Waals surface area contributed by atoms with Crippen molar-refractivity contribution in [3.8, 4) is 5.75 Å². The highest BCUT2D eigenvalue weighted by molar-refractivity contribution is 5.95. The zero-order valence-corrected chi connectivity index (χ0v) is 24.3. The Hall–Kier alpha value is -4.13. The van der Waals surface area contributed by atoms with Crippen LogP contribution in [0.4, 0.5) is 19.1 Å². The molecule has 1 aromatic carbocycles. The van der Waals surface area contributed by atoms with Crippen molar-refractivity contribution in [3.63, 3.8) is 0 Å². The maximum Gasteiger partial charge on any atom is 0.419 e. The third-order valence-electron chi connectivity index (χ3n) is 7.83. The minimum Gasteiger partial charge on any atom is -0.497 e. The van der Waals surface area contributed by atoms with Crippen LogP contribution in [-0.4, -0.2) is 89.2 Å². The zero-order chi connectivity index (χ0) is 30.6. The van der Waals surface area contributed by atoms with Crippen molar-refractivity contribution >= 4 is 17.8 Å². The lowest BCUT2D eigenvalue weighted by molar-refractivity contribution is -0.138. The van der Waals surface area contributed by atoms with E-state index in [9.17, 15) is 22.8 Å². The standard InChI is InChI=1S/C30H35F3N6O4/c1-21-17-24(39-14-13-38(28(41)27(21)39)20-22-3-5-25(42-2)6-4-22)7-15-43-16-8-26(40)36-9-11-37(12-10-36)29-34-18-23(19-35-29)30(31,32)33/h3-6,17-19H,7-16,20H2,1-2H3. The predicted molar refractivity (Wildman–Crippen MR) is 152 cm³/mol. The molecule has 0 saturated carbocycles. The quantitative estimate of drug-likeness (QED) is 0.329. The fourth-order valence-electron chi connectivity index (χ4n) is 5.46. The van der Waals surface area contributed by atoms with Gasteiger partial charge in [-0.15, -0.1) is 0 Å². The summed E-state index contributed by atoms with van der Waals surface area (Å²) in [4.78, 5) is 39.0. The molecule has 0 spiro atoms. The average Bonchev–Trinajstić information content (AvgIpc) is 3.33. The van der Waals surface area contributed by atoms with Crippen molar-refractivity contribution in [1.29, 1.82) is 0 Å². The Bertz CT molecular complexity index is 1420. The molecule has 1 fully saturated rings. The van der Waals surface area contributed by atoms with Crippen LogP contribution in [0.15, 0.2) is 42.7 Å². The number of rotatable bonds is 10. The van der Waals surface area contributed by atoms with Crippen LogP contribution in [0, 0.1) is 6.92 Å². The molecule has 2 aromatic heterocycles. The molecule has 43 heavy (non-hydrogen) atoms. The third kappa shape index (κ3) is 7.10. The fraction of sp³-hybridized carbons (Fsp3) is 0.467. The Balaban J connectivity index is 1.04. The molecule has 4 heterocycles. The molecule has 13 heteroatoms. The number of benzene rings is 1. The summed E-state index contributed by atoms with van der Waals surface area (Å²) in [7, 11) is 1.63. The van der Waals surface area contributed by atoms with Gasteiger partial charge in [-0.2, -0.15) is 13.2 Å². The van der Waals surface area contributed by atoms with Crippen molar-refractivity contribution in [1.82, 2.24) is 24.3 Å². The number of nitrogens with zero attached hydrogens (tertiary/aromatic N) is 6. The minimum absolute atomic E-state index is 0.0160. The summed E-state index contributed by atoms with van der Waals surface area (Å²) >= 11 is 0. The van der Waals surface area contributed by atoms with E-state index in [-0.39, 0.29) is 30.8 Å². The Morgan fingerprint density at radius 3 is 2.33 bits per heavy atom. The first-order valence-corrected chi connectivity index (χ1v) is 14.2. The summed E-state index contributed by atoms with van der Waals surface area (Å²) in [5.41, 5.74) is 2.85. The van der Waals surface area contributed by atoms with Gasteiger partial charge in [0.05, 0.1) is 32.3 Å². The normalized spacial score (nSPS) is 15.6. The molecule has 2 aliphatic rings. The van der Waals surface area contributed by atoms with Crippen LogP contribution in [0.5, 0.6) is 5.75 Å². The van der Waals surface area contributed by atoms with E-state index < -0.39 is 11.7 Å². The number of carbonyl (C=O) groups is 2. The highest BCUT2D eigenvalue weighted by Crippen LogP contribution is 2.28. The largest absolute Gasteiger partial charge is 0.497 e. The number of piperazine rings is 1. The van der Waals surface area contributed by atoms with Crippen molar-refractivity contribution in [2.75, 3.05) is 57.9 Å². The summed E-state index contributed by atoms with van der Waals surface area (Å²) in [5.74, 6) is 0.981. The molecule has 2 amide bonds. The van der Waals surface area contributed by atoms with E-state index in [2.05, 4.69) is 14.5 Å². The molecule has 0 unspecified atom stereocenters. The molecule has 0 radical (unpaired) electrons. The number of ether oxygens (including phenoxy) is 2. The number of aryl methyl sites for hydroxylation is 1. The summed E-state index contributed by atoms with van der Waals surface area (Å²) in [5, 5.41) is 0. The Kier molecular flexibility index (Phi) is 9.19. The topological polar surface area (TPSA) is 93.0 Å². The Morgan fingerprint density at radius 2 is 1.67 bits per heavy atom. The van der Waals surface area contributed by atoms with Crippen LogP contribution >= 0.6 is 0 Å². The first kappa shape index (κ1) is 30.3. The van der Waals surface area contributed by atoms with Gasteiger partial charge in [-0.05, 0) is 36.2 Å². The second-order valence-electron chi connectivity index (χ2n) is 10.6. The lowest BCUT2D eigenvalue weighted by Crippen LogP contribution is -2.49. The number of hydrogen-bond donors (Lipinski definition) is 0. The van der Waals surface area contributed by atoms with Gasteiger partial charge in [0.25, 0.3) is 5.91 Å². The third-order valence-corrected chi connectivity index (χ3v) is 7.83. The van der Waals surface area contributed by atoms with Crippen molar-refractivity contribution in [3.05, 3.63) is 70.8 Å². The van der Waals surface area contributed by atoms with Crippen LogP contribution in [0.25, 0.3) is 0 Å². The van der Waals surface area contributed by atoms with Crippen LogP contribution < -0.4 is 9.64 Å². The highest BCUT2D eigenvalue weighted by Gasteiger charge is 2.32. The van der Waals surface area contributed by atoms with E-state index in [1.807, 2.05) is 42.2 Å². The van der Waals surface area contributed by atoms with Crippen LogP contribution in [0.1, 0.15) is 39.3 Å². The van der Waals surface area contributed by atoms with E-state index in [4.69, 9.17) is 9.47 Å². The van der Waals surface area contributed by atoms with E-state index >= 15 is 0 Å². The first-order valence-electron chi connectivity index (χ1n) is 14.2. The van der Waals surface area contributed by atoms with Gasteiger partial charge < -0.3 is 28.7 Å². The van der Waals surface area contributed by atoms with Crippen LogP contribution in [0.3, 0.4) is 0 Å². The average molecular weight is 601 g/mol. The number of anilines is 1. The van der Waals surface area contributed by atoms with E-state index in [1.165, 1.54) is 0 Å². The van der Waals surface area contributed by atoms with Gasteiger partial charge in [-0.1, -0.05) is 12.1 Å². The molecule has 3 aromatic rings. The molecular weight excluding hydrogens is 565 g/mol. The van der Waals surface area contributed by atoms with Gasteiger partial charge in [0.15, 0.2) is 0 Å². The summed E-state index contributed by atoms with van der Waals surface area (Å²) in [6.45, 7) is 6.27. The summed E-state index contributed by atoms with van der Waals surface area (Å²) in [6.07, 6.45) is -2.06. The second kappa shape index (κ2) is 13.0. The van der Waals surface area contributed by atoms with Gasteiger partial charge >= 0.3 is 6.18 Å². The van der Waals surface area contributed by atoms with Gasteiger partial charge in [-0.3, -0.25) is 9.59 Å². The van der Waals surface area contributed by atoms with Gasteiger partial charge in [-0.25, -0.2) is 9.97 Å². The summed E-state index contributed by atoms with van der Waals surface area (Å²) < 4.78 is 51.3. The smallest absolute Gasteiger partial charge is 0.419 e. The molecule has 0 aliphatic carbocycles. The molecule has 1 saturated heterocycles. The Morgan fingerprint density at radius 1 is 0.977 bits per heavy atom. The molecule has 230 valence electrons. The van der Waals surface area contributed by atoms with E-state index in [0.29, 0.717) is 64.5 Å². The molecule has 0 N–H and O–H groups in total.